The van der Waals surface area contributed by atoms with E-state index >= 15 is 0 Å². The van der Waals surface area contributed by atoms with Gasteiger partial charge in [0.1, 0.15) is 22.5 Å². The van der Waals surface area contributed by atoms with Crippen molar-refractivity contribution >= 4 is 17.2 Å². The van der Waals surface area contributed by atoms with Crippen molar-refractivity contribution in [3.05, 3.63) is 52.8 Å². The first kappa shape index (κ1) is 18.7. The highest BCUT2D eigenvalue weighted by Crippen LogP contribution is 2.24. The van der Waals surface area contributed by atoms with Gasteiger partial charge in [0.2, 0.25) is 5.91 Å². The smallest absolute Gasteiger partial charge is 0.226 e. The van der Waals surface area contributed by atoms with Gasteiger partial charge in [0.05, 0.1) is 12.1 Å². The maximum absolute atomic E-state index is 13.4. The van der Waals surface area contributed by atoms with E-state index in [0.29, 0.717) is 23.7 Å². The monoisotopic (exact) mass is 399 g/mol. The normalized spacial score (nSPS) is 13.8. The summed E-state index contributed by atoms with van der Waals surface area (Å²) >= 11 is 1.41. The molecule has 0 aliphatic carbocycles. The van der Waals surface area contributed by atoms with Crippen LogP contribution in [0.1, 0.15) is 36.6 Å². The Morgan fingerprint density at radius 2 is 2.18 bits per heavy atom. The number of nitrogens with zero attached hydrogens (tertiary/aromatic N) is 4. The van der Waals surface area contributed by atoms with E-state index in [2.05, 4.69) is 25.1 Å². The number of carbonyl (C=O) groups excluding carboxylic acids is 1. The molecule has 4 rings (SSSR count). The van der Waals surface area contributed by atoms with E-state index in [1.807, 2.05) is 11.4 Å². The van der Waals surface area contributed by atoms with Crippen LogP contribution >= 0.6 is 11.3 Å². The van der Waals surface area contributed by atoms with E-state index in [0.717, 1.165) is 36.6 Å². The molecule has 3 aromatic rings. The van der Waals surface area contributed by atoms with Crippen LogP contribution in [-0.2, 0) is 30.6 Å². The van der Waals surface area contributed by atoms with E-state index < -0.39 is 0 Å². The highest BCUT2D eigenvalue weighted by Gasteiger charge is 2.15. The van der Waals surface area contributed by atoms with Crippen molar-refractivity contribution in [2.45, 2.75) is 45.1 Å². The van der Waals surface area contributed by atoms with Crippen molar-refractivity contribution in [2.75, 3.05) is 6.54 Å². The van der Waals surface area contributed by atoms with E-state index in [1.165, 1.54) is 36.3 Å². The van der Waals surface area contributed by atoms with Gasteiger partial charge in [-0.15, -0.1) is 21.5 Å². The zero-order valence-corrected chi connectivity index (χ0v) is 16.3. The Balaban J connectivity index is 1.29. The van der Waals surface area contributed by atoms with Crippen LogP contribution in [0.25, 0.3) is 10.6 Å². The Labute approximate surface area is 166 Å². The summed E-state index contributed by atoms with van der Waals surface area (Å²) in [6, 6.07) is 6.32. The molecule has 6 nitrogen and oxygen atoms in total. The molecule has 146 valence electrons. The number of nitrogens with one attached hydrogen (secondary N) is 1. The zero-order valence-electron chi connectivity index (χ0n) is 15.5. The van der Waals surface area contributed by atoms with Crippen LogP contribution in [0.2, 0.25) is 0 Å². The Bertz CT molecular complexity index is 967. The predicted octanol–water partition coefficient (Wildman–Crippen LogP) is 3.17. The van der Waals surface area contributed by atoms with Crippen LogP contribution in [0.15, 0.2) is 29.6 Å². The molecule has 0 radical (unpaired) electrons. The molecule has 2 aromatic heterocycles. The number of halogens is 1. The van der Waals surface area contributed by atoms with Gasteiger partial charge in [-0.3, -0.25) is 4.79 Å². The van der Waals surface area contributed by atoms with Crippen molar-refractivity contribution in [3.8, 4) is 10.6 Å². The molecule has 0 spiro atoms. The molecule has 1 N–H and O–H groups in total. The molecule has 0 atom stereocenters. The van der Waals surface area contributed by atoms with Crippen LogP contribution in [0.4, 0.5) is 4.39 Å². The summed E-state index contributed by atoms with van der Waals surface area (Å²) in [5.41, 5.74) is 1.42. The molecule has 1 aromatic carbocycles. The van der Waals surface area contributed by atoms with E-state index in [1.54, 1.807) is 6.07 Å². The van der Waals surface area contributed by atoms with Gasteiger partial charge < -0.3 is 9.88 Å². The van der Waals surface area contributed by atoms with Crippen LogP contribution in [-0.4, -0.2) is 32.2 Å². The first-order chi connectivity index (χ1) is 13.7. The summed E-state index contributed by atoms with van der Waals surface area (Å²) in [5.74, 6) is 1.63. The Morgan fingerprint density at radius 3 is 3.07 bits per heavy atom. The molecule has 0 saturated heterocycles. The number of amides is 1. The lowest BCUT2D eigenvalue weighted by Gasteiger charge is -2.07. The fourth-order valence-electron chi connectivity index (χ4n) is 3.41. The minimum Gasteiger partial charge on any atom is -0.355 e. The second-order valence-electron chi connectivity index (χ2n) is 6.93. The molecule has 1 amide bonds. The summed E-state index contributed by atoms with van der Waals surface area (Å²) in [5, 5.41) is 14.1. The number of rotatable bonds is 6. The number of aromatic nitrogens is 4. The van der Waals surface area contributed by atoms with Crippen molar-refractivity contribution in [1.29, 1.82) is 0 Å². The van der Waals surface area contributed by atoms with Crippen molar-refractivity contribution in [2.24, 2.45) is 0 Å². The number of carbonyl (C=O) groups is 1. The van der Waals surface area contributed by atoms with Crippen molar-refractivity contribution in [1.82, 2.24) is 25.1 Å². The first-order valence-corrected chi connectivity index (χ1v) is 10.4. The summed E-state index contributed by atoms with van der Waals surface area (Å²) in [4.78, 5) is 16.7. The van der Waals surface area contributed by atoms with Crippen LogP contribution in [0, 0.1) is 5.82 Å². The third kappa shape index (κ3) is 4.44. The fourth-order valence-corrected chi connectivity index (χ4v) is 4.23. The molecule has 3 heterocycles. The number of fused-ring (bicyclic) bond motifs is 1. The third-order valence-corrected chi connectivity index (χ3v) is 5.76. The number of hydrogen-bond donors (Lipinski definition) is 1. The molecule has 1 aliphatic rings. The summed E-state index contributed by atoms with van der Waals surface area (Å²) in [6.45, 7) is 1.49. The van der Waals surface area contributed by atoms with Gasteiger partial charge in [0.15, 0.2) is 0 Å². The van der Waals surface area contributed by atoms with Crippen LogP contribution in [0.3, 0.4) is 0 Å². The fraction of sp³-hybridized carbons (Fsp3) is 0.400. The predicted molar refractivity (Wildman–Crippen MR) is 106 cm³/mol. The van der Waals surface area contributed by atoms with Gasteiger partial charge in [0, 0.05) is 36.9 Å². The lowest BCUT2D eigenvalue weighted by atomic mass is 10.2. The molecule has 28 heavy (non-hydrogen) atoms. The quantitative estimate of drug-likeness (QED) is 0.691. The van der Waals surface area contributed by atoms with Crippen LogP contribution < -0.4 is 5.32 Å². The maximum Gasteiger partial charge on any atom is 0.226 e. The van der Waals surface area contributed by atoms with Gasteiger partial charge in [-0.1, -0.05) is 18.6 Å². The maximum atomic E-state index is 13.4. The average molecular weight is 399 g/mol. The lowest BCUT2D eigenvalue weighted by molar-refractivity contribution is -0.120. The molecule has 1 aliphatic heterocycles. The second kappa shape index (κ2) is 8.60. The van der Waals surface area contributed by atoms with Crippen LogP contribution in [0.5, 0.6) is 0 Å². The largest absolute Gasteiger partial charge is 0.355 e. The molecule has 0 saturated carbocycles. The average Bonchev–Trinajstić information content (AvgIpc) is 3.22. The number of benzene rings is 1. The minimum atomic E-state index is -0.293. The van der Waals surface area contributed by atoms with E-state index in [4.69, 9.17) is 0 Å². The van der Waals surface area contributed by atoms with Gasteiger partial charge in [-0.2, -0.15) is 0 Å². The topological polar surface area (TPSA) is 72.7 Å². The third-order valence-electron chi connectivity index (χ3n) is 4.82. The molecule has 0 unspecified atom stereocenters. The Morgan fingerprint density at radius 1 is 1.25 bits per heavy atom. The summed E-state index contributed by atoms with van der Waals surface area (Å²) in [7, 11) is 0. The minimum absolute atomic E-state index is 0.0771. The van der Waals surface area contributed by atoms with Gasteiger partial charge in [-0.05, 0) is 25.0 Å². The zero-order chi connectivity index (χ0) is 19.3. The van der Waals surface area contributed by atoms with Gasteiger partial charge in [0.25, 0.3) is 0 Å². The molecule has 0 bridgehead atoms. The SMILES string of the molecule is O=C(Cc1csc(-c2cccc(F)c2)n1)NCCc1nnc2n1CCCCC2. The lowest BCUT2D eigenvalue weighted by Crippen LogP contribution is -2.28. The van der Waals surface area contributed by atoms with E-state index in [9.17, 15) is 9.18 Å². The molecule has 0 fully saturated rings. The first-order valence-electron chi connectivity index (χ1n) is 9.57. The molecule has 8 heteroatoms. The van der Waals surface area contributed by atoms with Gasteiger partial charge >= 0.3 is 0 Å². The second-order valence-corrected chi connectivity index (χ2v) is 7.78. The molecular formula is C20H22FN5OS. The standard InChI is InChI=1S/C20H22FN5OS/c21-15-6-4-5-14(11-15)20-23-16(13-28-20)12-19(27)22-9-8-18-25-24-17-7-2-1-3-10-26(17)18/h4-6,11,13H,1-3,7-10,12H2,(H,22,27). The number of hydrogen-bond acceptors (Lipinski definition) is 5. The highest BCUT2D eigenvalue weighted by molar-refractivity contribution is 7.13. The Hall–Kier alpha value is -2.61. The van der Waals surface area contributed by atoms with Gasteiger partial charge in [-0.25, -0.2) is 9.37 Å². The summed E-state index contributed by atoms with van der Waals surface area (Å²) in [6.07, 6.45) is 5.41. The van der Waals surface area contributed by atoms with Crippen molar-refractivity contribution in [3.63, 3.8) is 0 Å². The Kier molecular flexibility index (Phi) is 5.76. The number of aryl methyl sites for hydroxylation is 1. The highest BCUT2D eigenvalue weighted by atomic mass is 32.1. The number of thiazole rings is 1. The molecular weight excluding hydrogens is 377 g/mol. The van der Waals surface area contributed by atoms with E-state index in [-0.39, 0.29) is 18.1 Å². The summed E-state index contributed by atoms with van der Waals surface area (Å²) < 4.78 is 15.6. The van der Waals surface area contributed by atoms with Crippen molar-refractivity contribution < 1.29 is 9.18 Å².